The zero-order chi connectivity index (χ0) is 22.5. The normalized spacial score (nSPS) is 11.6. The third-order valence-corrected chi connectivity index (χ3v) is 5.09. The molecule has 6 nitrogen and oxygen atoms in total. The second kappa shape index (κ2) is 9.57. The third-order valence-electron chi connectivity index (χ3n) is 4.75. The number of carboxylic acids is 1. The van der Waals surface area contributed by atoms with Crippen LogP contribution in [0.1, 0.15) is 33.9 Å². The summed E-state index contributed by atoms with van der Waals surface area (Å²) in [5.74, 6) is -1.71. The van der Waals surface area contributed by atoms with E-state index < -0.39 is 17.9 Å². The minimum absolute atomic E-state index is 0.196. The molecule has 0 radical (unpaired) electrons. The Morgan fingerprint density at radius 2 is 1.94 bits per heavy atom. The number of hydrogen-bond donors (Lipinski definition) is 2. The molecular weight excluding hydrogens is 423 g/mol. The molecule has 1 amide bonds. The molecule has 3 rings (SSSR count). The number of pyridine rings is 1. The molecule has 1 aromatic heterocycles. The number of nitrogens with zero attached hydrogens (tertiary/aromatic N) is 1. The van der Waals surface area contributed by atoms with Gasteiger partial charge >= 0.3 is 5.97 Å². The Hall–Kier alpha value is -3.45. The number of benzene rings is 2. The average Bonchev–Trinajstić information content (AvgIpc) is 2.73. The summed E-state index contributed by atoms with van der Waals surface area (Å²) in [7, 11) is 1.45. The number of rotatable bonds is 7. The molecule has 2 aromatic carbocycles. The van der Waals surface area contributed by atoms with Crippen LogP contribution in [0.3, 0.4) is 0 Å². The number of aliphatic carboxylic acids is 1. The first-order valence-corrected chi connectivity index (χ1v) is 9.75. The van der Waals surface area contributed by atoms with Crippen molar-refractivity contribution in [2.45, 2.75) is 19.4 Å². The standard InChI is InChI=1S/C23H20ClFN2O4/c1-13-9-15(25)7-8-16(13)18-10-14(12-26-23(18)31-2)22(30)27-20(11-21(28)29)17-5-3-4-6-19(17)24/h3-10,12,20H,11H2,1-2H3,(H,27,30)(H,28,29). The molecule has 0 spiro atoms. The van der Waals surface area contributed by atoms with Crippen LogP contribution >= 0.6 is 11.6 Å². The summed E-state index contributed by atoms with van der Waals surface area (Å²) in [4.78, 5) is 28.5. The van der Waals surface area contributed by atoms with E-state index in [4.69, 9.17) is 16.3 Å². The SMILES string of the molecule is COc1ncc(C(=O)NC(CC(=O)O)c2ccccc2Cl)cc1-c1ccc(F)cc1C. The Kier molecular flexibility index (Phi) is 6.87. The van der Waals surface area contributed by atoms with Crippen molar-refractivity contribution in [1.29, 1.82) is 0 Å². The maximum Gasteiger partial charge on any atom is 0.305 e. The second-order valence-electron chi connectivity index (χ2n) is 6.89. The summed E-state index contributed by atoms with van der Waals surface area (Å²) in [6.45, 7) is 1.74. The van der Waals surface area contributed by atoms with E-state index in [-0.39, 0.29) is 23.7 Å². The molecule has 0 aliphatic carbocycles. The smallest absolute Gasteiger partial charge is 0.305 e. The number of methoxy groups -OCH3 is 1. The van der Waals surface area contributed by atoms with Crippen LogP contribution in [0.15, 0.2) is 54.7 Å². The van der Waals surface area contributed by atoms with Gasteiger partial charge in [0.2, 0.25) is 5.88 Å². The number of aromatic nitrogens is 1. The molecule has 2 N–H and O–H groups in total. The molecule has 0 fully saturated rings. The van der Waals surface area contributed by atoms with E-state index in [1.807, 2.05) is 0 Å². The molecule has 8 heteroatoms. The van der Waals surface area contributed by atoms with Gasteiger partial charge in [-0.15, -0.1) is 0 Å². The second-order valence-corrected chi connectivity index (χ2v) is 7.29. The summed E-state index contributed by atoms with van der Waals surface area (Å²) >= 11 is 6.20. The van der Waals surface area contributed by atoms with Crippen molar-refractivity contribution in [3.8, 4) is 17.0 Å². The highest BCUT2D eigenvalue weighted by molar-refractivity contribution is 6.31. The van der Waals surface area contributed by atoms with E-state index >= 15 is 0 Å². The van der Waals surface area contributed by atoms with Crippen molar-refractivity contribution < 1.29 is 23.8 Å². The minimum Gasteiger partial charge on any atom is -0.481 e. The van der Waals surface area contributed by atoms with Gasteiger partial charge in [-0.2, -0.15) is 0 Å². The zero-order valence-corrected chi connectivity index (χ0v) is 17.6. The quantitative estimate of drug-likeness (QED) is 0.548. The largest absolute Gasteiger partial charge is 0.481 e. The van der Waals surface area contributed by atoms with Crippen molar-refractivity contribution in [1.82, 2.24) is 10.3 Å². The van der Waals surface area contributed by atoms with Gasteiger partial charge in [-0.1, -0.05) is 35.9 Å². The summed E-state index contributed by atoms with van der Waals surface area (Å²) in [5.41, 5.74) is 2.52. The highest BCUT2D eigenvalue weighted by Crippen LogP contribution is 2.32. The van der Waals surface area contributed by atoms with E-state index in [1.54, 1.807) is 43.3 Å². The van der Waals surface area contributed by atoms with Crippen molar-refractivity contribution in [2.75, 3.05) is 7.11 Å². The molecule has 0 saturated carbocycles. The third kappa shape index (κ3) is 5.19. The molecule has 0 aliphatic rings. The van der Waals surface area contributed by atoms with Gasteiger partial charge in [0.15, 0.2) is 0 Å². The van der Waals surface area contributed by atoms with Crippen LogP contribution in [0.5, 0.6) is 5.88 Å². The van der Waals surface area contributed by atoms with Gasteiger partial charge < -0.3 is 15.2 Å². The first-order chi connectivity index (χ1) is 14.8. The summed E-state index contributed by atoms with van der Waals surface area (Å²) in [5, 5.41) is 12.3. The molecular formula is C23H20ClFN2O4. The van der Waals surface area contributed by atoms with Crippen molar-refractivity contribution in [3.05, 3.63) is 82.3 Å². The first-order valence-electron chi connectivity index (χ1n) is 9.37. The number of amides is 1. The van der Waals surface area contributed by atoms with E-state index in [1.165, 1.54) is 25.4 Å². The molecule has 160 valence electrons. The van der Waals surface area contributed by atoms with Crippen molar-refractivity contribution >= 4 is 23.5 Å². The lowest BCUT2D eigenvalue weighted by Crippen LogP contribution is -2.30. The fraction of sp³-hybridized carbons (Fsp3) is 0.174. The molecule has 0 bridgehead atoms. The number of nitrogens with one attached hydrogen (secondary N) is 1. The number of carboxylic acid groups (broad SMARTS) is 1. The molecule has 0 aliphatic heterocycles. The van der Waals surface area contributed by atoms with Crippen LogP contribution in [0, 0.1) is 12.7 Å². The van der Waals surface area contributed by atoms with Gasteiger partial charge in [-0.05, 0) is 47.9 Å². The summed E-state index contributed by atoms with van der Waals surface area (Å²) < 4.78 is 18.8. The van der Waals surface area contributed by atoms with Gasteiger partial charge in [0.05, 0.1) is 25.1 Å². The van der Waals surface area contributed by atoms with Crippen LogP contribution in [-0.2, 0) is 4.79 Å². The predicted molar refractivity (Wildman–Crippen MR) is 115 cm³/mol. The topological polar surface area (TPSA) is 88.5 Å². The van der Waals surface area contributed by atoms with Crippen LogP contribution in [0.25, 0.3) is 11.1 Å². The van der Waals surface area contributed by atoms with Gasteiger partial charge in [-0.25, -0.2) is 9.37 Å². The Morgan fingerprint density at radius 3 is 2.58 bits per heavy atom. The van der Waals surface area contributed by atoms with Gasteiger partial charge in [-0.3, -0.25) is 9.59 Å². The fourth-order valence-electron chi connectivity index (χ4n) is 3.27. The van der Waals surface area contributed by atoms with Crippen molar-refractivity contribution in [3.63, 3.8) is 0 Å². The highest BCUT2D eigenvalue weighted by Gasteiger charge is 2.22. The van der Waals surface area contributed by atoms with Crippen LogP contribution in [0.4, 0.5) is 4.39 Å². The predicted octanol–water partition coefficient (Wildman–Crippen LogP) is 4.80. The molecule has 1 atom stereocenters. The zero-order valence-electron chi connectivity index (χ0n) is 16.9. The van der Waals surface area contributed by atoms with E-state index in [0.29, 0.717) is 27.3 Å². The van der Waals surface area contributed by atoms with Crippen LogP contribution in [0.2, 0.25) is 5.02 Å². The number of hydrogen-bond acceptors (Lipinski definition) is 4. The number of aryl methyl sites for hydroxylation is 1. The maximum atomic E-state index is 13.5. The van der Waals surface area contributed by atoms with Crippen molar-refractivity contribution in [2.24, 2.45) is 0 Å². The molecule has 31 heavy (non-hydrogen) atoms. The van der Waals surface area contributed by atoms with Gasteiger partial charge in [0, 0.05) is 16.8 Å². The van der Waals surface area contributed by atoms with Gasteiger partial charge in [0.1, 0.15) is 5.82 Å². The fourth-order valence-corrected chi connectivity index (χ4v) is 3.54. The lowest BCUT2D eigenvalue weighted by atomic mass is 9.99. The van der Waals surface area contributed by atoms with Crippen LogP contribution in [-0.4, -0.2) is 29.1 Å². The average molecular weight is 443 g/mol. The highest BCUT2D eigenvalue weighted by atomic mass is 35.5. The number of carbonyl (C=O) groups excluding carboxylic acids is 1. The Morgan fingerprint density at radius 1 is 1.19 bits per heavy atom. The minimum atomic E-state index is -1.08. The number of halogens is 2. The summed E-state index contributed by atoms with van der Waals surface area (Å²) in [6.07, 6.45) is 0.990. The molecule has 1 heterocycles. The number of ether oxygens (including phenoxy) is 1. The van der Waals surface area contributed by atoms with Gasteiger partial charge in [0.25, 0.3) is 5.91 Å². The molecule has 3 aromatic rings. The van der Waals surface area contributed by atoms with E-state index in [0.717, 1.165) is 0 Å². The Balaban J connectivity index is 1.97. The lowest BCUT2D eigenvalue weighted by molar-refractivity contribution is -0.137. The Labute approximate surface area is 183 Å². The monoisotopic (exact) mass is 442 g/mol. The maximum absolute atomic E-state index is 13.5. The summed E-state index contributed by atoms with van der Waals surface area (Å²) in [6, 6.07) is 11.7. The molecule has 1 unspecified atom stereocenters. The first kappa shape index (κ1) is 22.2. The Bertz CT molecular complexity index is 1140. The van der Waals surface area contributed by atoms with Crippen LogP contribution < -0.4 is 10.1 Å². The lowest BCUT2D eigenvalue weighted by Gasteiger charge is -2.19. The van der Waals surface area contributed by atoms with E-state index in [2.05, 4.69) is 10.3 Å². The van der Waals surface area contributed by atoms with E-state index in [9.17, 15) is 19.1 Å². The number of carbonyl (C=O) groups is 2. The molecule has 0 saturated heterocycles.